The second-order valence-corrected chi connectivity index (χ2v) is 26.9. The lowest BCUT2D eigenvalue weighted by Crippen LogP contribution is -2.33. The Kier molecular flexibility index (Phi) is 14.3. The molecule has 582 valence electrons. The number of aromatic nitrogens is 15. The summed E-state index contributed by atoms with van der Waals surface area (Å²) in [6, 6.07) is -21.2. The summed E-state index contributed by atoms with van der Waals surface area (Å²) in [5.41, 5.74) is -4.19. The van der Waals surface area contributed by atoms with E-state index in [0.717, 1.165) is 35.3 Å². The smallest absolute Gasteiger partial charge is 0.191 e. The minimum Gasteiger partial charge on any atom is -0.394 e. The zero-order chi connectivity index (χ0) is 110. The molecule has 30 nitrogen and oxygen atoms in total. The van der Waals surface area contributed by atoms with Crippen LogP contribution in [0.25, 0.3) is 33.5 Å². The number of hydrogen-bond donors (Lipinski definition) is 12. The Balaban J connectivity index is 0.000000183. The number of thioether (sulfide) groups is 3. The molecule has 0 unspecified atom stereocenters. The van der Waals surface area contributed by atoms with E-state index in [-0.39, 0.29) is 111 Å². The van der Waals surface area contributed by atoms with Crippen LogP contribution in [0.15, 0.2) is 69.9 Å². The highest BCUT2D eigenvalue weighted by Crippen LogP contribution is 2.48. The fourth-order valence-corrected chi connectivity index (χ4v) is 12.4. The maximum atomic E-state index is 14.7. The summed E-state index contributed by atoms with van der Waals surface area (Å²) in [4.78, 5) is 25.7. The molecule has 6 heterocycles. The Morgan fingerprint density at radius 1 is 0.481 bits per heavy atom. The van der Waals surface area contributed by atoms with Crippen molar-refractivity contribution in [3.05, 3.63) is 105 Å². The zero-order valence-corrected chi connectivity index (χ0v) is 59.8. The van der Waals surface area contributed by atoms with Gasteiger partial charge in [0.1, 0.15) is 53.9 Å². The van der Waals surface area contributed by atoms with Crippen molar-refractivity contribution in [2.24, 2.45) is 0 Å². The van der Waals surface area contributed by atoms with Gasteiger partial charge >= 0.3 is 0 Å². The van der Waals surface area contributed by atoms with E-state index < -0.39 is 261 Å². The zero-order valence-electron chi connectivity index (χ0n) is 95.3. The van der Waals surface area contributed by atoms with Crippen LogP contribution in [0.3, 0.4) is 0 Å². The molecular weight excluding hydrogens is 1460 g/mol. The number of nitrogens with one attached hydrogen (secondary N) is 3. The largest absolute Gasteiger partial charge is 0.394 e. The van der Waals surface area contributed by atoms with Crippen molar-refractivity contribution in [1.29, 1.82) is 0 Å². The summed E-state index contributed by atoms with van der Waals surface area (Å²) < 4.78 is 375. The van der Waals surface area contributed by atoms with Gasteiger partial charge in [-0.15, -0.1) is 15.3 Å². The van der Waals surface area contributed by atoms with E-state index in [1.165, 1.54) is 20.8 Å². The molecule has 12 N–H and O–H groups in total. The van der Waals surface area contributed by atoms with Gasteiger partial charge in [-0.3, -0.25) is 0 Å². The Morgan fingerprint density at radius 3 is 1.11 bits per heavy atom. The first-order valence-corrected chi connectivity index (χ1v) is 35.7. The standard InChI is InChI=1S/3C24H31FN6O4S/c3*1-3-8-36-24-27-22(26-16-10-14(16)13-5-4-12(2)15(25)9-13)19-23(28-24)31(30-29-19)17-11-18(35-7-6-32)21(34)20(17)33/h3*4-5,9,14,16-18,20-21,32-34H,3,6-8,10-11H2,1-2H3,(H,26,27,28)/t3*14-,16+,17+,18-,20-,21+/m000/s1/i4D,5D,6D2,7D2,9D,11D2,16D,17D,18D,20D,21D;4D,5D,7D2,9D,11D2,16D,17D,18D,20D,21D;4D,5D,6D2,9D,11D2,16D,17D,18D,20D,21D. The van der Waals surface area contributed by atoms with Crippen LogP contribution in [0.4, 0.5) is 30.6 Å². The van der Waals surface area contributed by atoms with Gasteiger partial charge in [0.15, 0.2) is 66.4 Å². The van der Waals surface area contributed by atoms with Gasteiger partial charge in [-0.05, 0) is 111 Å². The van der Waals surface area contributed by atoms with E-state index in [1.807, 2.05) is 20.8 Å². The summed E-state index contributed by atoms with van der Waals surface area (Å²) >= 11 is 3.12. The molecule has 36 heteroatoms. The molecule has 0 spiro atoms. The van der Waals surface area contributed by atoms with Gasteiger partial charge in [0.2, 0.25) is 0 Å². The summed E-state index contributed by atoms with van der Waals surface area (Å²) in [6.07, 6.45) is -47.0. The first kappa shape index (κ1) is 44.2. The van der Waals surface area contributed by atoms with Crippen molar-refractivity contribution in [2.75, 3.05) is 72.7 Å². The van der Waals surface area contributed by atoms with Gasteiger partial charge in [0.05, 0.1) is 120 Å². The molecule has 3 aromatic carbocycles. The fraction of sp³-hybridized carbons (Fsp3) is 0.583. The van der Waals surface area contributed by atoms with Crippen molar-refractivity contribution in [2.45, 2.75) is 223 Å². The molecule has 0 aliphatic heterocycles. The van der Waals surface area contributed by atoms with Crippen LogP contribution >= 0.6 is 35.3 Å². The van der Waals surface area contributed by atoms with Crippen molar-refractivity contribution in [1.82, 2.24) is 74.9 Å². The number of benzene rings is 3. The first-order valence-electron chi connectivity index (χ1n) is 51.7. The van der Waals surface area contributed by atoms with Crippen molar-refractivity contribution in [3.63, 3.8) is 0 Å². The Hall–Kier alpha value is -7.14. The first-order chi connectivity index (χ1) is 66.3. The normalized spacial score (nSPS) is 44.9. The number of aliphatic hydroxyl groups excluding tert-OH is 1. The predicted molar refractivity (Wildman–Crippen MR) is 398 cm³/mol. The molecule has 15 rings (SSSR count). The summed E-state index contributed by atoms with van der Waals surface area (Å²) in [6.45, 7) is -8.29. The van der Waals surface area contributed by atoms with Crippen LogP contribution in [0.1, 0.15) is 200 Å². The molecule has 6 aliphatic carbocycles. The highest BCUT2D eigenvalue weighted by molar-refractivity contribution is 7.99. The van der Waals surface area contributed by atoms with E-state index in [2.05, 4.69) is 81.5 Å². The van der Waals surface area contributed by atoms with E-state index in [4.69, 9.17) is 61.6 Å². The molecule has 0 bridgehead atoms. The van der Waals surface area contributed by atoms with Crippen LogP contribution < -0.4 is 16.0 Å². The molecule has 9 aromatic rings. The second-order valence-electron chi connectivity index (χ2n) is 23.7. The Morgan fingerprint density at radius 2 is 0.806 bits per heavy atom. The molecule has 108 heavy (non-hydrogen) atoms. The number of hydrogen-bond acceptors (Lipinski definition) is 30. The predicted octanol–water partition coefficient (Wildman–Crippen LogP) is 6.55. The minimum atomic E-state index is -4.32. The third kappa shape index (κ3) is 17.5. The second kappa shape index (κ2) is 35.1. The Labute approximate surface area is 686 Å². The maximum Gasteiger partial charge on any atom is 0.191 e. The number of anilines is 3. The molecule has 6 aliphatic rings. The lowest BCUT2D eigenvalue weighted by molar-refractivity contribution is -0.0629. The molecule has 0 radical (unpaired) electrons. The summed E-state index contributed by atoms with van der Waals surface area (Å²) in [5.74, 6) is -5.60. The average molecular weight is 1590 g/mol. The van der Waals surface area contributed by atoms with Crippen molar-refractivity contribution < 1.29 is 125 Å². The van der Waals surface area contributed by atoms with Crippen LogP contribution in [-0.4, -0.2) is 250 Å². The van der Waals surface area contributed by atoms with E-state index in [9.17, 15) is 59.1 Å². The average Bonchev–Trinajstić information content (AvgIpc) is 1.49. The quantitative estimate of drug-likeness (QED) is 0.0168. The maximum absolute atomic E-state index is 14.7. The minimum absolute atomic E-state index is 0.0629. The third-order valence-electron chi connectivity index (χ3n) is 16.0. The van der Waals surface area contributed by atoms with E-state index >= 15 is 0 Å². The van der Waals surface area contributed by atoms with Gasteiger partial charge in [0, 0.05) is 80.4 Å². The van der Waals surface area contributed by atoms with Gasteiger partial charge in [-0.2, -0.15) is 0 Å². The van der Waals surface area contributed by atoms with Crippen LogP contribution in [0.2, 0.25) is 0 Å². The monoisotopic (exact) mass is 1590 g/mol. The van der Waals surface area contributed by atoms with Gasteiger partial charge in [-0.1, -0.05) is 108 Å². The van der Waals surface area contributed by atoms with Gasteiger partial charge < -0.3 is 76.1 Å². The van der Waals surface area contributed by atoms with Gasteiger partial charge in [-0.25, -0.2) is 57.1 Å². The molecule has 6 saturated carbocycles. The van der Waals surface area contributed by atoms with Crippen LogP contribution in [-0.2, 0) is 14.2 Å². The molecule has 0 amide bonds. The molecular formula is C72H93F3N18O12S3. The number of fused-ring (bicyclic) bond motifs is 3. The highest BCUT2D eigenvalue weighted by Gasteiger charge is 2.49. The number of nitrogens with zero attached hydrogens (tertiary/aromatic N) is 15. The number of ether oxygens (including phenoxy) is 3. The molecule has 6 aromatic heterocycles. The third-order valence-corrected chi connectivity index (χ3v) is 19.2. The fourth-order valence-electron chi connectivity index (χ4n) is 10.3. The number of rotatable bonds is 30. The van der Waals surface area contributed by atoms with E-state index in [0.29, 0.717) is 36.5 Å². The Bertz CT molecular complexity index is 6630. The number of aliphatic hydroxyl groups is 9. The highest BCUT2D eigenvalue weighted by atomic mass is 32.2. The molecule has 6 fully saturated rings. The lowest BCUT2D eigenvalue weighted by atomic mass is 10.1. The van der Waals surface area contributed by atoms with Crippen LogP contribution in [0.5, 0.6) is 0 Å². The van der Waals surface area contributed by atoms with Crippen molar-refractivity contribution in [3.8, 4) is 0 Å². The molecule has 18 atom stereocenters. The van der Waals surface area contributed by atoms with Crippen molar-refractivity contribution >= 4 is 86.2 Å². The van der Waals surface area contributed by atoms with E-state index in [1.54, 1.807) is 0 Å². The summed E-state index contributed by atoms with van der Waals surface area (Å²) in [5, 5.41) is 126. The number of halogens is 3. The lowest BCUT2D eigenvalue weighted by Gasteiger charge is -2.17. The SMILES string of the molecule is [2H]c1c([2H])c([C@@H]2C[C@@]2([2H])Nc2nc(SCCC)nc3c2nnn3[C@]2([2H])C([2H])([2H])[C@]([2H])(OC([2H])([2H])C([2H])([2H])O)[C@@]([2H])(O)[C@@]2([2H])O)c([2H])c(F)c1C.[2H]c1c([2H])c([C@@H]2C[C@@]2([2H])Nc2nc(SCCC)nc3c2nnn3[C@]2([2H])C([2H])([2H])[C@]([2H])(OC([2H])([2H])CO)[C@@]([2H])(O)[C@@]2([2H])O)c([2H])c(F)c1C.[2H]c1c([2H])c([C@@H]2C[C@@]2([2H])Nc2nc(SCCC)nc3c2nnn3[C@]2([2H])C([2H])([2H])[C@]([2H])(OCC([2H])([2H])O)[C@@]([2H])(O)[C@@]2([2H])O)c([2H])c(F)c1C. The summed E-state index contributed by atoms with van der Waals surface area (Å²) in [7, 11) is 0. The molecule has 0 saturated heterocycles. The van der Waals surface area contributed by atoms with Gasteiger partial charge in [0.25, 0.3) is 0 Å². The van der Waals surface area contributed by atoms with Crippen LogP contribution in [0, 0.1) is 38.2 Å². The topological polar surface area (TPSA) is 415 Å².